The number of carbonyl (C=O) groups excluding carboxylic acids is 3. The summed E-state index contributed by atoms with van der Waals surface area (Å²) >= 11 is 0. The van der Waals surface area contributed by atoms with Crippen molar-refractivity contribution >= 4 is 17.5 Å². The summed E-state index contributed by atoms with van der Waals surface area (Å²) in [5.74, 6) is -3.17. The van der Waals surface area contributed by atoms with E-state index in [1.54, 1.807) is 0 Å². The maximum absolute atomic E-state index is 10.0. The van der Waals surface area contributed by atoms with E-state index in [9.17, 15) is 14.4 Å². The minimum atomic E-state index is -1.20. The van der Waals surface area contributed by atoms with Crippen LogP contribution in [0.2, 0.25) is 0 Å². The second-order valence-electron chi connectivity index (χ2n) is 1.25. The van der Waals surface area contributed by atoms with Gasteiger partial charge in [0.25, 0.3) is 11.7 Å². The van der Waals surface area contributed by atoms with Crippen LogP contribution in [0.1, 0.15) is 6.92 Å². The van der Waals surface area contributed by atoms with Crippen molar-refractivity contribution in [3.05, 3.63) is 0 Å². The summed E-state index contributed by atoms with van der Waals surface area (Å²) in [4.78, 5) is 29.7. The van der Waals surface area contributed by atoms with E-state index < -0.39 is 17.5 Å². The number of hydrogen-bond donors (Lipinski definition) is 1. The normalized spacial score (nSPS) is 8.12. The van der Waals surface area contributed by atoms with Crippen LogP contribution >= 0.6 is 0 Å². The summed E-state index contributed by atoms with van der Waals surface area (Å²) in [7, 11) is 0. The Labute approximate surface area is 45.7 Å². The van der Waals surface area contributed by atoms with Gasteiger partial charge >= 0.3 is 0 Å². The predicted molar refractivity (Wildman–Crippen MR) is 24.9 cm³/mol. The lowest BCUT2D eigenvalue weighted by Crippen LogP contribution is -2.28. The van der Waals surface area contributed by atoms with E-state index in [1.807, 2.05) is 0 Å². The Morgan fingerprint density at radius 1 is 1.25 bits per heavy atom. The highest BCUT2D eigenvalue weighted by Crippen LogP contribution is 1.70. The number of primary amides is 1. The Morgan fingerprint density at radius 3 is 1.62 bits per heavy atom. The van der Waals surface area contributed by atoms with Crippen LogP contribution in [0.4, 0.5) is 0 Å². The van der Waals surface area contributed by atoms with Crippen molar-refractivity contribution in [2.24, 2.45) is 5.73 Å². The van der Waals surface area contributed by atoms with Crippen LogP contribution in [-0.2, 0) is 14.4 Å². The molecule has 8 heavy (non-hydrogen) atoms. The van der Waals surface area contributed by atoms with Crippen molar-refractivity contribution in [2.45, 2.75) is 6.92 Å². The number of ketones is 2. The molecular formula is C4H5NO3. The number of hydrogen-bond acceptors (Lipinski definition) is 3. The molecule has 0 fully saturated rings. The van der Waals surface area contributed by atoms with Gasteiger partial charge in [0, 0.05) is 6.92 Å². The molecule has 1 amide bonds. The van der Waals surface area contributed by atoms with Gasteiger partial charge in [-0.3, -0.25) is 14.4 Å². The Balaban J connectivity index is 4.05. The monoisotopic (exact) mass is 115 g/mol. The van der Waals surface area contributed by atoms with Gasteiger partial charge in [-0.05, 0) is 0 Å². The maximum Gasteiger partial charge on any atom is 0.292 e. The van der Waals surface area contributed by atoms with Gasteiger partial charge in [-0.25, -0.2) is 0 Å². The van der Waals surface area contributed by atoms with Crippen LogP contribution in [0, 0.1) is 0 Å². The lowest BCUT2D eigenvalue weighted by atomic mass is 10.3. The van der Waals surface area contributed by atoms with Crippen molar-refractivity contribution in [2.75, 3.05) is 0 Å². The molecule has 0 aromatic carbocycles. The first-order chi connectivity index (χ1) is 3.55. The molecule has 0 unspecified atom stereocenters. The van der Waals surface area contributed by atoms with Crippen molar-refractivity contribution in [3.63, 3.8) is 0 Å². The number of amides is 1. The smallest absolute Gasteiger partial charge is 0.292 e. The predicted octanol–water partition coefficient (Wildman–Crippen LogP) is -1.37. The SMILES string of the molecule is CC(=O)C(=O)C(N)=O. The standard InChI is InChI=1S/C4H5NO3/c1-2(6)3(7)4(5)8/h1H3,(H2,5,8). The summed E-state index contributed by atoms with van der Waals surface area (Å²) in [6.45, 7) is 0.993. The minimum absolute atomic E-state index is 0.822. The van der Waals surface area contributed by atoms with Gasteiger partial charge in [-0.1, -0.05) is 0 Å². The van der Waals surface area contributed by atoms with Crippen LogP contribution < -0.4 is 5.73 Å². The Morgan fingerprint density at radius 2 is 1.62 bits per heavy atom. The van der Waals surface area contributed by atoms with Crippen molar-refractivity contribution in [1.29, 1.82) is 0 Å². The average molecular weight is 115 g/mol. The third-order valence-corrected chi connectivity index (χ3v) is 0.544. The number of rotatable bonds is 2. The number of carbonyl (C=O) groups is 3. The molecule has 0 aromatic rings. The van der Waals surface area contributed by atoms with Gasteiger partial charge in [0.2, 0.25) is 5.78 Å². The molecule has 0 radical (unpaired) electrons. The van der Waals surface area contributed by atoms with Crippen molar-refractivity contribution in [1.82, 2.24) is 0 Å². The van der Waals surface area contributed by atoms with Crippen LogP contribution in [0.25, 0.3) is 0 Å². The van der Waals surface area contributed by atoms with Gasteiger partial charge in [0.15, 0.2) is 0 Å². The van der Waals surface area contributed by atoms with Crippen LogP contribution in [0.3, 0.4) is 0 Å². The minimum Gasteiger partial charge on any atom is -0.363 e. The van der Waals surface area contributed by atoms with Crippen LogP contribution in [-0.4, -0.2) is 17.5 Å². The fourth-order valence-corrected chi connectivity index (χ4v) is 0.173. The zero-order chi connectivity index (χ0) is 6.73. The Hall–Kier alpha value is -1.19. The molecule has 0 rings (SSSR count). The Kier molecular flexibility index (Phi) is 1.88. The average Bonchev–Trinajstić information content (AvgIpc) is 1.64. The fourth-order valence-electron chi connectivity index (χ4n) is 0.173. The highest BCUT2D eigenvalue weighted by atomic mass is 16.2. The molecule has 4 heteroatoms. The van der Waals surface area contributed by atoms with Crippen molar-refractivity contribution < 1.29 is 14.4 Å². The molecule has 0 heterocycles. The first-order valence-electron chi connectivity index (χ1n) is 1.90. The molecule has 0 saturated heterocycles. The molecule has 44 valence electrons. The maximum atomic E-state index is 10.0. The molecule has 0 bridgehead atoms. The van der Waals surface area contributed by atoms with Gasteiger partial charge < -0.3 is 5.73 Å². The largest absolute Gasteiger partial charge is 0.363 e. The zero-order valence-electron chi connectivity index (χ0n) is 4.30. The van der Waals surface area contributed by atoms with Crippen molar-refractivity contribution in [3.8, 4) is 0 Å². The van der Waals surface area contributed by atoms with Gasteiger partial charge in [0.05, 0.1) is 0 Å². The summed E-state index contributed by atoms with van der Waals surface area (Å²) in [5, 5.41) is 0. The molecular weight excluding hydrogens is 110 g/mol. The molecule has 2 N–H and O–H groups in total. The molecule has 0 atom stereocenters. The molecule has 0 aliphatic heterocycles. The van der Waals surface area contributed by atoms with E-state index in [2.05, 4.69) is 5.73 Å². The first kappa shape index (κ1) is 6.81. The second kappa shape index (κ2) is 2.20. The van der Waals surface area contributed by atoms with Gasteiger partial charge in [-0.15, -0.1) is 0 Å². The van der Waals surface area contributed by atoms with E-state index >= 15 is 0 Å². The van der Waals surface area contributed by atoms with Crippen LogP contribution in [0.5, 0.6) is 0 Å². The third-order valence-electron chi connectivity index (χ3n) is 0.544. The topological polar surface area (TPSA) is 77.2 Å². The molecule has 0 aromatic heterocycles. The second-order valence-corrected chi connectivity index (χ2v) is 1.25. The summed E-state index contributed by atoms with van der Waals surface area (Å²) in [6.07, 6.45) is 0. The van der Waals surface area contributed by atoms with E-state index in [-0.39, 0.29) is 0 Å². The third kappa shape index (κ3) is 1.51. The quantitative estimate of drug-likeness (QED) is 0.356. The highest BCUT2D eigenvalue weighted by Gasteiger charge is 2.12. The lowest BCUT2D eigenvalue weighted by molar-refractivity contribution is -0.142. The molecule has 0 spiro atoms. The molecule has 4 nitrogen and oxygen atoms in total. The van der Waals surface area contributed by atoms with E-state index in [4.69, 9.17) is 0 Å². The fraction of sp³-hybridized carbons (Fsp3) is 0.250. The van der Waals surface area contributed by atoms with Gasteiger partial charge in [-0.2, -0.15) is 0 Å². The number of nitrogens with two attached hydrogens (primary N) is 1. The molecule has 0 aliphatic rings. The molecule has 0 aliphatic carbocycles. The molecule has 0 saturated carbocycles. The summed E-state index contributed by atoms with van der Waals surface area (Å²) < 4.78 is 0. The zero-order valence-corrected chi connectivity index (χ0v) is 4.30. The van der Waals surface area contributed by atoms with E-state index in [1.165, 1.54) is 0 Å². The summed E-state index contributed by atoms with van der Waals surface area (Å²) in [5.41, 5.74) is 4.43. The highest BCUT2D eigenvalue weighted by molar-refractivity contribution is 6.62. The van der Waals surface area contributed by atoms with Crippen LogP contribution in [0.15, 0.2) is 0 Å². The van der Waals surface area contributed by atoms with E-state index in [0.717, 1.165) is 6.92 Å². The van der Waals surface area contributed by atoms with Gasteiger partial charge in [0.1, 0.15) is 0 Å². The summed E-state index contributed by atoms with van der Waals surface area (Å²) in [6, 6.07) is 0. The number of Topliss-reactive ketones (excluding diaryl/α,β-unsaturated/α-hetero) is 2. The first-order valence-corrected chi connectivity index (χ1v) is 1.90. The Bertz CT molecular complexity index is 133. The lowest BCUT2D eigenvalue weighted by Gasteiger charge is -1.82. The van der Waals surface area contributed by atoms with E-state index in [0.29, 0.717) is 0 Å².